The van der Waals surface area contributed by atoms with Crippen LogP contribution in [-0.4, -0.2) is 89.5 Å². The highest BCUT2D eigenvalue weighted by atomic mass is 32.2. The molecule has 4 atom stereocenters. The van der Waals surface area contributed by atoms with Crippen LogP contribution >= 0.6 is 0 Å². The summed E-state index contributed by atoms with van der Waals surface area (Å²) >= 11 is 0. The summed E-state index contributed by atoms with van der Waals surface area (Å²) in [6, 6.07) is 2.55. The molecule has 2 saturated heterocycles. The van der Waals surface area contributed by atoms with Crippen LogP contribution < -0.4 is 5.73 Å². The molecule has 1 aromatic heterocycles. The summed E-state index contributed by atoms with van der Waals surface area (Å²) in [7, 11) is -3.44. The van der Waals surface area contributed by atoms with Crippen molar-refractivity contribution in [3.8, 4) is 0 Å². The summed E-state index contributed by atoms with van der Waals surface area (Å²) < 4.78 is 67.1. The maximum atomic E-state index is 14.8. The number of halogens is 3. The molecule has 0 amide bonds. The Balaban J connectivity index is 1.35. The van der Waals surface area contributed by atoms with E-state index in [4.69, 9.17) is 5.73 Å². The molecule has 2 aromatic rings. The SMILES string of the molecule is CS(=O)(=O)n1cc2c(n1)CN([C@@H]1C[C@H](N)C(c3cc(F)ccc3F)N(CCN3CC[C@@H](F)C3)C1)C2. The van der Waals surface area contributed by atoms with Crippen LogP contribution in [0.15, 0.2) is 24.4 Å². The zero-order valence-electron chi connectivity index (χ0n) is 19.7. The first-order chi connectivity index (χ1) is 16.6. The molecule has 35 heavy (non-hydrogen) atoms. The molecular weight excluding hydrogens is 481 g/mol. The Kier molecular flexibility index (Phi) is 6.68. The normalized spacial score (nSPS) is 28.6. The third-order valence-corrected chi connectivity index (χ3v) is 8.29. The van der Waals surface area contributed by atoms with Crippen molar-refractivity contribution in [3.63, 3.8) is 0 Å². The highest BCUT2D eigenvalue weighted by Gasteiger charge is 2.41. The highest BCUT2D eigenvalue weighted by molar-refractivity contribution is 7.89. The van der Waals surface area contributed by atoms with Crippen LogP contribution in [0.1, 0.15) is 35.7 Å². The van der Waals surface area contributed by atoms with E-state index < -0.39 is 39.9 Å². The Morgan fingerprint density at radius 1 is 1.17 bits per heavy atom. The molecule has 0 aliphatic carbocycles. The first kappa shape index (κ1) is 24.7. The van der Waals surface area contributed by atoms with Crippen LogP contribution in [0.4, 0.5) is 13.2 Å². The van der Waals surface area contributed by atoms with Gasteiger partial charge in [-0.15, -0.1) is 0 Å². The van der Waals surface area contributed by atoms with E-state index in [0.717, 1.165) is 33.7 Å². The van der Waals surface area contributed by atoms with Crippen molar-refractivity contribution in [2.24, 2.45) is 5.73 Å². The number of piperidine rings is 1. The van der Waals surface area contributed by atoms with Crippen molar-refractivity contribution < 1.29 is 21.6 Å². The topological polar surface area (TPSA) is 87.7 Å². The average molecular weight is 513 g/mol. The molecule has 12 heteroatoms. The second-order valence-electron chi connectivity index (χ2n) is 9.99. The Morgan fingerprint density at radius 3 is 2.66 bits per heavy atom. The van der Waals surface area contributed by atoms with Gasteiger partial charge in [-0.2, -0.15) is 9.19 Å². The highest BCUT2D eigenvalue weighted by Crippen LogP contribution is 2.36. The molecule has 1 unspecified atom stereocenters. The first-order valence-electron chi connectivity index (χ1n) is 11.9. The number of aromatic nitrogens is 2. The molecule has 0 bridgehead atoms. The number of rotatable bonds is 6. The molecule has 0 spiro atoms. The maximum absolute atomic E-state index is 14.8. The third kappa shape index (κ3) is 5.12. The fourth-order valence-corrected chi connectivity index (χ4v) is 6.24. The third-order valence-electron chi connectivity index (χ3n) is 7.42. The molecule has 0 radical (unpaired) electrons. The van der Waals surface area contributed by atoms with E-state index in [1.165, 1.54) is 6.07 Å². The summed E-state index contributed by atoms with van der Waals surface area (Å²) in [6.07, 6.45) is 2.93. The molecule has 0 saturated carbocycles. The lowest BCUT2D eigenvalue weighted by molar-refractivity contribution is 0.0361. The van der Waals surface area contributed by atoms with Crippen LogP contribution in [0.5, 0.6) is 0 Å². The van der Waals surface area contributed by atoms with Crippen LogP contribution in [0.25, 0.3) is 0 Å². The minimum absolute atomic E-state index is 0.0336. The molecule has 3 aliphatic rings. The van der Waals surface area contributed by atoms with Gasteiger partial charge in [-0.1, -0.05) is 0 Å². The maximum Gasteiger partial charge on any atom is 0.250 e. The lowest BCUT2D eigenvalue weighted by Crippen LogP contribution is -2.56. The van der Waals surface area contributed by atoms with Crippen LogP contribution in [0, 0.1) is 11.6 Å². The number of fused-ring (bicyclic) bond motifs is 1. The van der Waals surface area contributed by atoms with E-state index in [9.17, 15) is 21.6 Å². The van der Waals surface area contributed by atoms with Crippen LogP contribution in [-0.2, 0) is 23.1 Å². The molecular formula is C23H31F3N6O2S. The Morgan fingerprint density at radius 2 is 1.97 bits per heavy atom. The smallest absolute Gasteiger partial charge is 0.250 e. The van der Waals surface area contributed by atoms with Crippen LogP contribution in [0.2, 0.25) is 0 Å². The molecule has 8 nitrogen and oxygen atoms in total. The van der Waals surface area contributed by atoms with Gasteiger partial charge in [0, 0.05) is 75.2 Å². The number of alkyl halides is 1. The molecule has 1 aromatic carbocycles. The number of hydrogen-bond donors (Lipinski definition) is 1. The van der Waals surface area contributed by atoms with Gasteiger partial charge in [-0.05, 0) is 31.0 Å². The van der Waals surface area contributed by atoms with E-state index in [1.54, 1.807) is 6.20 Å². The standard InChI is InChI=1S/C23H31F3N6O2S/c1-35(33,34)32-11-15-10-31(14-22(15)28-32)18-9-21(27)23(19-8-16(24)2-3-20(19)26)30(13-18)7-6-29-5-4-17(25)12-29/h2-3,8,11,17-18,21,23H,4-7,9-10,12-14,27H2,1H3/t17-,18-,21+,23?/m1/s1. The van der Waals surface area contributed by atoms with E-state index in [0.29, 0.717) is 58.7 Å². The van der Waals surface area contributed by atoms with Gasteiger partial charge in [0.2, 0.25) is 0 Å². The Labute approximate surface area is 203 Å². The number of likely N-dealkylation sites (tertiary alicyclic amines) is 2. The van der Waals surface area contributed by atoms with Gasteiger partial charge in [0.15, 0.2) is 0 Å². The molecule has 2 N–H and O–H groups in total. The van der Waals surface area contributed by atoms with Crippen molar-refractivity contribution in [3.05, 3.63) is 52.9 Å². The summed E-state index contributed by atoms with van der Waals surface area (Å²) in [4.78, 5) is 6.36. The second-order valence-corrected chi connectivity index (χ2v) is 11.8. The lowest BCUT2D eigenvalue weighted by atomic mass is 9.87. The van der Waals surface area contributed by atoms with Gasteiger partial charge in [-0.25, -0.2) is 21.6 Å². The number of nitrogens with two attached hydrogens (primary N) is 1. The minimum atomic E-state index is -3.44. The molecule has 2 fully saturated rings. The van der Waals surface area contributed by atoms with Crippen molar-refractivity contribution in [1.29, 1.82) is 0 Å². The van der Waals surface area contributed by atoms with Crippen molar-refractivity contribution in [1.82, 2.24) is 23.9 Å². The van der Waals surface area contributed by atoms with Gasteiger partial charge in [-0.3, -0.25) is 14.7 Å². The predicted octanol–water partition coefficient (Wildman–Crippen LogP) is 1.47. The largest absolute Gasteiger partial charge is 0.326 e. The van der Waals surface area contributed by atoms with E-state index >= 15 is 0 Å². The van der Waals surface area contributed by atoms with Gasteiger partial charge in [0.05, 0.1) is 18.0 Å². The average Bonchev–Trinajstić information content (AvgIpc) is 3.48. The fraction of sp³-hybridized carbons (Fsp3) is 0.609. The minimum Gasteiger partial charge on any atom is -0.326 e. The monoisotopic (exact) mass is 512 g/mol. The summed E-state index contributed by atoms with van der Waals surface area (Å²) in [5, 5.41) is 4.23. The quantitative estimate of drug-likeness (QED) is 0.627. The first-order valence-corrected chi connectivity index (χ1v) is 13.8. The van der Waals surface area contributed by atoms with Gasteiger partial charge in [0.25, 0.3) is 10.0 Å². The van der Waals surface area contributed by atoms with E-state index in [2.05, 4.69) is 19.8 Å². The fourth-order valence-electron chi connectivity index (χ4n) is 5.67. The number of benzene rings is 1. The zero-order chi connectivity index (χ0) is 24.9. The molecule has 5 rings (SSSR count). The van der Waals surface area contributed by atoms with Gasteiger partial charge < -0.3 is 5.73 Å². The number of hydrogen-bond acceptors (Lipinski definition) is 7. The van der Waals surface area contributed by atoms with Crippen LogP contribution in [0.3, 0.4) is 0 Å². The molecule has 192 valence electrons. The Hall–Kier alpha value is -1.99. The molecule has 4 heterocycles. The summed E-state index contributed by atoms with van der Waals surface area (Å²) in [5.74, 6) is -1.00. The van der Waals surface area contributed by atoms with Gasteiger partial charge in [0.1, 0.15) is 17.8 Å². The number of nitrogens with zero attached hydrogens (tertiary/aromatic N) is 5. The summed E-state index contributed by atoms with van der Waals surface area (Å²) in [6.45, 7) is 3.87. The van der Waals surface area contributed by atoms with E-state index in [1.807, 2.05) is 0 Å². The predicted molar refractivity (Wildman–Crippen MR) is 125 cm³/mol. The summed E-state index contributed by atoms with van der Waals surface area (Å²) in [5.41, 5.74) is 8.44. The van der Waals surface area contributed by atoms with Crippen molar-refractivity contribution in [2.75, 3.05) is 39.0 Å². The van der Waals surface area contributed by atoms with E-state index in [-0.39, 0.29) is 11.6 Å². The van der Waals surface area contributed by atoms with Crippen molar-refractivity contribution in [2.45, 2.75) is 50.2 Å². The Bertz CT molecular complexity index is 1170. The second kappa shape index (κ2) is 9.47. The zero-order valence-corrected chi connectivity index (χ0v) is 20.5. The molecule has 3 aliphatic heterocycles. The lowest BCUT2D eigenvalue weighted by Gasteiger charge is -2.46. The van der Waals surface area contributed by atoms with Gasteiger partial charge >= 0.3 is 0 Å². The van der Waals surface area contributed by atoms with Crippen molar-refractivity contribution >= 4 is 10.0 Å².